The van der Waals surface area contributed by atoms with Gasteiger partial charge in [-0.2, -0.15) is 5.26 Å². The number of ether oxygens (including phenoxy) is 2. The number of nitrogens with zero attached hydrogens (tertiary/aromatic N) is 1. The summed E-state index contributed by atoms with van der Waals surface area (Å²) < 4.78 is 10.8. The van der Waals surface area contributed by atoms with Gasteiger partial charge < -0.3 is 14.8 Å². The van der Waals surface area contributed by atoms with Crippen molar-refractivity contribution in [2.45, 2.75) is 33.2 Å². The standard InChI is InChI=1S/C17H26N2O2/c1-14(2)8-11-20-13-10-19-15(3)16-4-6-17(7-5-16)21-12-9-18/h4-7,14-15,19H,8,10-13H2,1-3H3. The SMILES string of the molecule is CC(C)CCOCCNC(C)c1ccc(OCC#N)cc1. The zero-order chi connectivity index (χ0) is 15.5. The minimum atomic E-state index is 0.0842. The van der Waals surface area contributed by atoms with Crippen LogP contribution in [-0.4, -0.2) is 26.4 Å². The number of nitrogens with one attached hydrogen (secondary N) is 1. The molecule has 1 unspecified atom stereocenters. The molecule has 0 spiro atoms. The van der Waals surface area contributed by atoms with Crippen molar-refractivity contribution in [3.8, 4) is 11.8 Å². The van der Waals surface area contributed by atoms with Crippen molar-refractivity contribution in [2.75, 3.05) is 26.4 Å². The highest BCUT2D eigenvalue weighted by Gasteiger charge is 2.04. The summed E-state index contributed by atoms with van der Waals surface area (Å²) in [6, 6.07) is 10.0. The molecule has 0 amide bonds. The lowest BCUT2D eigenvalue weighted by Gasteiger charge is -2.15. The largest absolute Gasteiger partial charge is 0.479 e. The molecular formula is C17H26N2O2. The quantitative estimate of drug-likeness (QED) is 0.672. The molecule has 0 radical (unpaired) electrons. The minimum absolute atomic E-state index is 0.0842. The summed E-state index contributed by atoms with van der Waals surface area (Å²) in [6.07, 6.45) is 1.11. The maximum atomic E-state index is 8.46. The maximum absolute atomic E-state index is 8.46. The van der Waals surface area contributed by atoms with Crippen molar-refractivity contribution in [1.82, 2.24) is 5.32 Å². The monoisotopic (exact) mass is 290 g/mol. The lowest BCUT2D eigenvalue weighted by Crippen LogP contribution is -2.23. The van der Waals surface area contributed by atoms with Gasteiger partial charge >= 0.3 is 0 Å². The van der Waals surface area contributed by atoms with Gasteiger partial charge in [0.15, 0.2) is 6.61 Å². The Bertz CT molecular complexity index is 423. The second-order valence-corrected chi connectivity index (χ2v) is 5.49. The van der Waals surface area contributed by atoms with Gasteiger partial charge in [0.25, 0.3) is 0 Å². The van der Waals surface area contributed by atoms with Crippen LogP contribution in [0, 0.1) is 17.2 Å². The van der Waals surface area contributed by atoms with E-state index in [0.29, 0.717) is 5.92 Å². The maximum Gasteiger partial charge on any atom is 0.174 e. The summed E-state index contributed by atoms with van der Waals surface area (Å²) in [6.45, 7) is 9.02. The molecule has 0 saturated carbocycles. The number of hydrogen-bond donors (Lipinski definition) is 1. The normalized spacial score (nSPS) is 12.1. The smallest absolute Gasteiger partial charge is 0.174 e. The highest BCUT2D eigenvalue weighted by molar-refractivity contribution is 5.29. The van der Waals surface area contributed by atoms with Gasteiger partial charge in [-0.05, 0) is 37.0 Å². The number of hydrogen-bond acceptors (Lipinski definition) is 4. The first-order valence-corrected chi connectivity index (χ1v) is 7.54. The van der Waals surface area contributed by atoms with E-state index in [1.165, 1.54) is 5.56 Å². The van der Waals surface area contributed by atoms with Crippen LogP contribution in [0.25, 0.3) is 0 Å². The topological polar surface area (TPSA) is 54.3 Å². The molecule has 21 heavy (non-hydrogen) atoms. The molecule has 0 aliphatic heterocycles. The van der Waals surface area contributed by atoms with E-state index < -0.39 is 0 Å². The zero-order valence-electron chi connectivity index (χ0n) is 13.3. The Balaban J connectivity index is 2.22. The molecule has 0 aliphatic carbocycles. The molecule has 0 fully saturated rings. The average molecular weight is 290 g/mol. The average Bonchev–Trinajstić information content (AvgIpc) is 2.48. The number of nitriles is 1. The van der Waals surface area contributed by atoms with Crippen molar-refractivity contribution >= 4 is 0 Å². The Labute approximate surface area is 128 Å². The van der Waals surface area contributed by atoms with Crippen LogP contribution in [0.3, 0.4) is 0 Å². The Kier molecular flexibility index (Phi) is 8.49. The van der Waals surface area contributed by atoms with Crippen LogP contribution >= 0.6 is 0 Å². The van der Waals surface area contributed by atoms with E-state index in [9.17, 15) is 0 Å². The molecule has 1 aromatic rings. The van der Waals surface area contributed by atoms with Crippen LogP contribution in [0.5, 0.6) is 5.75 Å². The van der Waals surface area contributed by atoms with Crippen LogP contribution in [0.1, 0.15) is 38.8 Å². The van der Waals surface area contributed by atoms with Gasteiger partial charge in [0, 0.05) is 19.2 Å². The van der Waals surface area contributed by atoms with Crippen molar-refractivity contribution in [1.29, 1.82) is 5.26 Å². The van der Waals surface area contributed by atoms with E-state index in [2.05, 4.69) is 26.1 Å². The van der Waals surface area contributed by atoms with Crippen LogP contribution in [0.2, 0.25) is 0 Å². The van der Waals surface area contributed by atoms with E-state index in [0.717, 1.165) is 31.9 Å². The molecule has 4 nitrogen and oxygen atoms in total. The van der Waals surface area contributed by atoms with Crippen molar-refractivity contribution in [3.05, 3.63) is 29.8 Å². The van der Waals surface area contributed by atoms with Gasteiger partial charge in [-0.15, -0.1) is 0 Å². The molecule has 0 aliphatic rings. The molecule has 116 valence electrons. The molecular weight excluding hydrogens is 264 g/mol. The van der Waals surface area contributed by atoms with E-state index in [1.807, 2.05) is 30.3 Å². The van der Waals surface area contributed by atoms with Crippen LogP contribution < -0.4 is 10.1 Å². The molecule has 4 heteroatoms. The molecule has 0 saturated heterocycles. The third kappa shape index (κ3) is 7.69. The summed E-state index contributed by atoms with van der Waals surface area (Å²) in [5.74, 6) is 1.42. The fourth-order valence-electron chi connectivity index (χ4n) is 1.85. The van der Waals surface area contributed by atoms with Crippen LogP contribution in [0.4, 0.5) is 0 Å². The summed E-state index contributed by atoms with van der Waals surface area (Å²) >= 11 is 0. The molecule has 1 N–H and O–H groups in total. The summed E-state index contributed by atoms with van der Waals surface area (Å²) in [4.78, 5) is 0. The highest BCUT2D eigenvalue weighted by atomic mass is 16.5. The Morgan fingerprint density at radius 3 is 2.48 bits per heavy atom. The zero-order valence-corrected chi connectivity index (χ0v) is 13.3. The van der Waals surface area contributed by atoms with E-state index in [4.69, 9.17) is 14.7 Å². The van der Waals surface area contributed by atoms with E-state index >= 15 is 0 Å². The van der Waals surface area contributed by atoms with Gasteiger partial charge in [-0.3, -0.25) is 0 Å². The summed E-state index contributed by atoms with van der Waals surface area (Å²) in [7, 11) is 0. The molecule has 0 bridgehead atoms. The summed E-state index contributed by atoms with van der Waals surface area (Å²) in [5, 5.41) is 11.9. The molecule has 1 atom stereocenters. The third-order valence-corrected chi connectivity index (χ3v) is 3.22. The van der Waals surface area contributed by atoms with Gasteiger partial charge in [0.1, 0.15) is 11.8 Å². The van der Waals surface area contributed by atoms with Crippen LogP contribution in [-0.2, 0) is 4.74 Å². The summed E-state index contributed by atoms with van der Waals surface area (Å²) in [5.41, 5.74) is 1.20. The second-order valence-electron chi connectivity index (χ2n) is 5.49. The van der Waals surface area contributed by atoms with Gasteiger partial charge in [0.2, 0.25) is 0 Å². The lowest BCUT2D eigenvalue weighted by atomic mass is 10.1. The van der Waals surface area contributed by atoms with Crippen molar-refractivity contribution < 1.29 is 9.47 Å². The molecule has 1 aromatic carbocycles. The van der Waals surface area contributed by atoms with Gasteiger partial charge in [-0.1, -0.05) is 26.0 Å². The van der Waals surface area contributed by atoms with Crippen LogP contribution in [0.15, 0.2) is 24.3 Å². The first kappa shape index (κ1) is 17.5. The highest BCUT2D eigenvalue weighted by Crippen LogP contribution is 2.17. The van der Waals surface area contributed by atoms with E-state index in [1.54, 1.807) is 0 Å². The second kappa shape index (κ2) is 10.2. The van der Waals surface area contributed by atoms with Crippen molar-refractivity contribution in [3.63, 3.8) is 0 Å². The first-order valence-electron chi connectivity index (χ1n) is 7.54. The number of benzene rings is 1. The third-order valence-electron chi connectivity index (χ3n) is 3.22. The minimum Gasteiger partial charge on any atom is -0.479 e. The van der Waals surface area contributed by atoms with Gasteiger partial charge in [0.05, 0.1) is 6.61 Å². The van der Waals surface area contributed by atoms with E-state index in [-0.39, 0.29) is 12.6 Å². The van der Waals surface area contributed by atoms with Gasteiger partial charge in [-0.25, -0.2) is 0 Å². The van der Waals surface area contributed by atoms with Crippen molar-refractivity contribution in [2.24, 2.45) is 5.92 Å². The molecule has 0 aromatic heterocycles. The number of rotatable bonds is 10. The Morgan fingerprint density at radius 1 is 1.14 bits per heavy atom. The Hall–Kier alpha value is -1.57. The fourth-order valence-corrected chi connectivity index (χ4v) is 1.85. The predicted molar refractivity (Wildman–Crippen MR) is 84.2 cm³/mol. The fraction of sp³-hybridized carbons (Fsp3) is 0.588. The molecule has 0 heterocycles. The Morgan fingerprint density at radius 2 is 1.86 bits per heavy atom. The molecule has 1 rings (SSSR count). The predicted octanol–water partition coefficient (Wildman–Crippen LogP) is 3.30. The lowest BCUT2D eigenvalue weighted by molar-refractivity contribution is 0.123. The first-order chi connectivity index (χ1) is 10.1.